The summed E-state index contributed by atoms with van der Waals surface area (Å²) < 4.78 is 0. The summed E-state index contributed by atoms with van der Waals surface area (Å²) >= 11 is 1.74. The molecule has 0 radical (unpaired) electrons. The molecule has 5 heteroatoms. The quantitative estimate of drug-likeness (QED) is 0.919. The van der Waals surface area contributed by atoms with Gasteiger partial charge in [-0.15, -0.1) is 11.3 Å². The van der Waals surface area contributed by atoms with Crippen molar-refractivity contribution in [3.05, 3.63) is 46.5 Å². The van der Waals surface area contributed by atoms with Gasteiger partial charge in [0.15, 0.2) is 5.13 Å². The van der Waals surface area contributed by atoms with Crippen LogP contribution >= 0.6 is 11.3 Å². The van der Waals surface area contributed by atoms with Crippen molar-refractivity contribution in [2.75, 3.05) is 31.1 Å². The van der Waals surface area contributed by atoms with Gasteiger partial charge in [0.05, 0.1) is 11.8 Å². The molecule has 1 aromatic heterocycles. The minimum absolute atomic E-state index is 0.227. The van der Waals surface area contributed by atoms with Crippen LogP contribution in [0.5, 0.6) is 0 Å². The van der Waals surface area contributed by atoms with Crippen LogP contribution in [0.1, 0.15) is 29.3 Å². The SMILES string of the molecule is Cc1csc(N2CCCN([C@H]3Cc4ccccc4[C@@H]3O)CC2)n1. The molecule has 1 aromatic carbocycles. The lowest BCUT2D eigenvalue weighted by Gasteiger charge is -2.30. The van der Waals surface area contributed by atoms with E-state index in [1.807, 2.05) is 6.07 Å². The van der Waals surface area contributed by atoms with Crippen LogP contribution < -0.4 is 4.90 Å². The molecule has 2 atom stereocenters. The number of aryl methyl sites for hydroxylation is 1. The van der Waals surface area contributed by atoms with E-state index in [-0.39, 0.29) is 12.1 Å². The van der Waals surface area contributed by atoms with Gasteiger partial charge >= 0.3 is 0 Å². The van der Waals surface area contributed by atoms with Gasteiger partial charge < -0.3 is 10.0 Å². The molecule has 4 nitrogen and oxygen atoms in total. The molecule has 0 spiro atoms. The number of fused-ring (bicyclic) bond motifs is 1. The number of aromatic nitrogens is 1. The molecule has 1 aliphatic heterocycles. The van der Waals surface area contributed by atoms with Crippen molar-refractivity contribution < 1.29 is 5.11 Å². The Balaban J connectivity index is 1.46. The van der Waals surface area contributed by atoms with Crippen LogP contribution in [0.2, 0.25) is 0 Å². The summed E-state index contributed by atoms with van der Waals surface area (Å²) in [7, 11) is 0. The minimum Gasteiger partial charge on any atom is -0.387 e. The van der Waals surface area contributed by atoms with Gasteiger partial charge in [0, 0.05) is 37.6 Å². The Morgan fingerprint density at radius 3 is 2.83 bits per heavy atom. The standard InChI is InChI=1S/C18H23N3OS/c1-13-12-23-18(19-13)21-8-4-7-20(9-10-21)16-11-14-5-2-3-6-15(14)17(16)22/h2-3,5-6,12,16-17,22H,4,7-11H2,1H3/t16-,17-/m0/s1. The largest absolute Gasteiger partial charge is 0.387 e. The maximum atomic E-state index is 10.7. The summed E-state index contributed by atoms with van der Waals surface area (Å²) in [6.07, 6.45) is 1.74. The van der Waals surface area contributed by atoms with E-state index in [1.54, 1.807) is 11.3 Å². The van der Waals surface area contributed by atoms with Gasteiger partial charge in [0.2, 0.25) is 0 Å². The number of rotatable bonds is 2. The van der Waals surface area contributed by atoms with Crippen LogP contribution in [0.25, 0.3) is 0 Å². The Kier molecular flexibility index (Phi) is 4.09. The van der Waals surface area contributed by atoms with Crippen molar-refractivity contribution in [2.45, 2.75) is 31.9 Å². The van der Waals surface area contributed by atoms with Crippen LogP contribution in [0.4, 0.5) is 5.13 Å². The average Bonchev–Trinajstić information content (AvgIpc) is 3.03. The molecule has 23 heavy (non-hydrogen) atoms. The Labute approximate surface area is 141 Å². The molecule has 4 rings (SSSR count). The first-order valence-electron chi connectivity index (χ1n) is 8.39. The maximum Gasteiger partial charge on any atom is 0.185 e. The zero-order valence-electron chi connectivity index (χ0n) is 13.5. The molecule has 0 amide bonds. The first kappa shape index (κ1) is 15.1. The lowest BCUT2D eigenvalue weighted by atomic mass is 10.1. The Morgan fingerprint density at radius 2 is 2.04 bits per heavy atom. The first-order chi connectivity index (χ1) is 11.2. The van der Waals surface area contributed by atoms with Gasteiger partial charge in [-0.1, -0.05) is 24.3 Å². The van der Waals surface area contributed by atoms with Gasteiger partial charge in [-0.2, -0.15) is 0 Å². The predicted molar refractivity (Wildman–Crippen MR) is 94.1 cm³/mol. The summed E-state index contributed by atoms with van der Waals surface area (Å²) in [6.45, 7) is 6.15. The van der Waals surface area contributed by atoms with Gasteiger partial charge in [0.1, 0.15) is 0 Å². The van der Waals surface area contributed by atoms with Crippen LogP contribution in [-0.4, -0.2) is 47.2 Å². The number of hydrogen-bond acceptors (Lipinski definition) is 5. The van der Waals surface area contributed by atoms with E-state index in [0.29, 0.717) is 0 Å². The van der Waals surface area contributed by atoms with E-state index in [9.17, 15) is 5.11 Å². The third-order valence-corrected chi connectivity index (χ3v) is 6.06. The second-order valence-corrected chi connectivity index (χ2v) is 7.40. The highest BCUT2D eigenvalue weighted by atomic mass is 32.1. The summed E-state index contributed by atoms with van der Waals surface area (Å²) in [4.78, 5) is 9.49. The summed E-state index contributed by atoms with van der Waals surface area (Å²) in [5.41, 5.74) is 3.53. The van der Waals surface area contributed by atoms with Crippen molar-refractivity contribution >= 4 is 16.5 Å². The monoisotopic (exact) mass is 329 g/mol. The molecular formula is C18H23N3OS. The number of nitrogens with zero attached hydrogens (tertiary/aromatic N) is 3. The van der Waals surface area contributed by atoms with Gasteiger partial charge in [-0.25, -0.2) is 4.98 Å². The van der Waals surface area contributed by atoms with E-state index in [0.717, 1.165) is 55.4 Å². The molecule has 0 saturated carbocycles. The van der Waals surface area contributed by atoms with Gasteiger partial charge in [-0.3, -0.25) is 4.90 Å². The molecule has 2 aromatic rings. The van der Waals surface area contributed by atoms with Gasteiger partial charge in [-0.05, 0) is 30.9 Å². The second-order valence-electron chi connectivity index (χ2n) is 6.56. The summed E-state index contributed by atoms with van der Waals surface area (Å²) in [5.74, 6) is 0. The fourth-order valence-corrected chi connectivity index (χ4v) is 4.69. The molecule has 1 fully saturated rings. The van der Waals surface area contributed by atoms with Gasteiger partial charge in [0.25, 0.3) is 0 Å². The Morgan fingerprint density at radius 1 is 1.17 bits per heavy atom. The second kappa shape index (κ2) is 6.23. The molecule has 1 aliphatic carbocycles. The zero-order chi connectivity index (χ0) is 15.8. The van der Waals surface area contributed by atoms with Crippen LogP contribution in [0.3, 0.4) is 0 Å². The molecule has 1 saturated heterocycles. The van der Waals surface area contributed by atoms with E-state index in [1.165, 1.54) is 5.56 Å². The normalized spacial score (nSPS) is 25.4. The number of aliphatic hydroxyl groups excluding tert-OH is 1. The molecular weight excluding hydrogens is 306 g/mol. The van der Waals surface area contributed by atoms with Crippen LogP contribution in [0, 0.1) is 6.92 Å². The number of benzene rings is 1. The molecule has 1 N–H and O–H groups in total. The van der Waals surface area contributed by atoms with Crippen LogP contribution in [0.15, 0.2) is 29.6 Å². The predicted octanol–water partition coefficient (Wildman–Crippen LogP) is 2.62. The van der Waals surface area contributed by atoms with E-state index >= 15 is 0 Å². The summed E-state index contributed by atoms with van der Waals surface area (Å²) in [6, 6.07) is 8.55. The minimum atomic E-state index is -0.347. The van der Waals surface area contributed by atoms with E-state index < -0.39 is 0 Å². The Hall–Kier alpha value is -1.43. The molecule has 0 bridgehead atoms. The number of hydrogen-bond donors (Lipinski definition) is 1. The zero-order valence-corrected chi connectivity index (χ0v) is 14.3. The molecule has 2 heterocycles. The van der Waals surface area contributed by atoms with Crippen molar-refractivity contribution in [3.8, 4) is 0 Å². The highest BCUT2D eigenvalue weighted by molar-refractivity contribution is 7.13. The number of thiazole rings is 1. The first-order valence-corrected chi connectivity index (χ1v) is 9.27. The van der Waals surface area contributed by atoms with E-state index in [2.05, 4.69) is 45.3 Å². The summed E-state index contributed by atoms with van der Waals surface area (Å²) in [5, 5.41) is 14.0. The maximum absolute atomic E-state index is 10.7. The molecule has 0 unspecified atom stereocenters. The Bertz CT molecular complexity index is 686. The smallest absolute Gasteiger partial charge is 0.185 e. The van der Waals surface area contributed by atoms with Crippen molar-refractivity contribution in [2.24, 2.45) is 0 Å². The van der Waals surface area contributed by atoms with Crippen molar-refractivity contribution in [1.29, 1.82) is 0 Å². The topological polar surface area (TPSA) is 39.6 Å². The number of anilines is 1. The molecule has 122 valence electrons. The fraction of sp³-hybridized carbons (Fsp3) is 0.500. The highest BCUT2D eigenvalue weighted by Crippen LogP contribution is 2.35. The lowest BCUT2D eigenvalue weighted by Crippen LogP contribution is -2.40. The van der Waals surface area contributed by atoms with Crippen molar-refractivity contribution in [1.82, 2.24) is 9.88 Å². The lowest BCUT2D eigenvalue weighted by molar-refractivity contribution is 0.0647. The average molecular weight is 329 g/mol. The fourth-order valence-electron chi connectivity index (χ4n) is 3.83. The highest BCUT2D eigenvalue weighted by Gasteiger charge is 2.35. The van der Waals surface area contributed by atoms with E-state index in [4.69, 9.17) is 0 Å². The molecule has 2 aliphatic rings. The van der Waals surface area contributed by atoms with Crippen LogP contribution in [-0.2, 0) is 6.42 Å². The third kappa shape index (κ3) is 2.89. The number of aliphatic hydroxyl groups is 1. The third-order valence-electron chi connectivity index (χ3n) is 5.04. The van der Waals surface area contributed by atoms with Crippen molar-refractivity contribution in [3.63, 3.8) is 0 Å².